The van der Waals surface area contributed by atoms with Crippen LogP contribution in [0, 0.1) is 0 Å². The Labute approximate surface area is 94.5 Å². The predicted molar refractivity (Wildman–Crippen MR) is 63.8 cm³/mol. The minimum atomic E-state index is 0.195. The first-order valence-electron chi connectivity index (χ1n) is 5.10. The smallest absolute Gasteiger partial charge is 0.196 e. The number of halogens is 1. The average Bonchev–Trinajstić information content (AvgIpc) is 2.17. The van der Waals surface area contributed by atoms with Crippen molar-refractivity contribution in [3.63, 3.8) is 0 Å². The topological polar surface area (TPSA) is 36.4 Å². The maximum atomic E-state index is 6.13. The number of fused-ring (bicyclic) bond motifs is 1. The van der Waals surface area contributed by atoms with E-state index in [1.54, 1.807) is 0 Å². The number of rotatable bonds is 1. The van der Waals surface area contributed by atoms with Gasteiger partial charge in [0.05, 0.1) is 11.7 Å². The summed E-state index contributed by atoms with van der Waals surface area (Å²) in [6.45, 7) is 4.98. The highest BCUT2D eigenvalue weighted by molar-refractivity contribution is 6.31. The monoisotopic (exact) mass is 223 g/mol. The van der Waals surface area contributed by atoms with E-state index in [2.05, 4.69) is 22.5 Å². The Bertz CT molecular complexity index is 401. The van der Waals surface area contributed by atoms with Crippen LogP contribution in [0.3, 0.4) is 0 Å². The number of hydrogen-bond donors (Lipinski definition) is 2. The van der Waals surface area contributed by atoms with Crippen LogP contribution in [-0.4, -0.2) is 12.5 Å². The first-order chi connectivity index (χ1) is 7.22. The van der Waals surface area contributed by atoms with Gasteiger partial charge in [-0.1, -0.05) is 17.7 Å². The van der Waals surface area contributed by atoms with Crippen LogP contribution in [0.15, 0.2) is 23.2 Å². The third-order valence-corrected chi connectivity index (χ3v) is 2.72. The molecule has 2 rings (SSSR count). The predicted octanol–water partition coefficient (Wildman–Crippen LogP) is 2.60. The molecule has 0 fully saturated rings. The number of guanidine groups is 1. The standard InChI is InChI=1S/C11H14ClN3/c1-3-13-11-14-7(2)10-8(12)5-4-6-9(10)15-11/h4-7H,3H2,1-2H3,(H2,13,14,15). The summed E-state index contributed by atoms with van der Waals surface area (Å²) in [5.41, 5.74) is 2.02. The largest absolute Gasteiger partial charge is 0.356 e. The lowest BCUT2D eigenvalue weighted by Crippen LogP contribution is -2.40. The molecule has 0 radical (unpaired) electrons. The number of nitrogens with zero attached hydrogens (tertiary/aromatic N) is 1. The Morgan fingerprint density at radius 3 is 3.07 bits per heavy atom. The summed E-state index contributed by atoms with van der Waals surface area (Å²) in [4.78, 5) is 4.46. The normalized spacial score (nSPS) is 18.9. The van der Waals surface area contributed by atoms with Crippen molar-refractivity contribution in [1.82, 2.24) is 10.6 Å². The molecule has 0 aromatic heterocycles. The van der Waals surface area contributed by atoms with E-state index in [0.717, 1.165) is 28.8 Å². The van der Waals surface area contributed by atoms with Crippen LogP contribution in [0.1, 0.15) is 25.5 Å². The summed E-state index contributed by atoms with van der Waals surface area (Å²) in [6, 6.07) is 5.99. The van der Waals surface area contributed by atoms with Gasteiger partial charge in [-0.05, 0) is 26.0 Å². The van der Waals surface area contributed by atoms with Crippen molar-refractivity contribution in [2.24, 2.45) is 4.99 Å². The van der Waals surface area contributed by atoms with Gasteiger partial charge in [0.25, 0.3) is 0 Å². The summed E-state index contributed by atoms with van der Waals surface area (Å²) < 4.78 is 0. The Kier molecular flexibility index (Phi) is 2.82. The first-order valence-corrected chi connectivity index (χ1v) is 5.47. The molecular weight excluding hydrogens is 210 g/mol. The molecule has 0 spiro atoms. The molecule has 1 aromatic rings. The quantitative estimate of drug-likeness (QED) is 0.768. The zero-order valence-corrected chi connectivity index (χ0v) is 9.60. The van der Waals surface area contributed by atoms with Crippen LogP contribution in [-0.2, 0) is 0 Å². The lowest BCUT2D eigenvalue weighted by Gasteiger charge is -2.25. The van der Waals surface area contributed by atoms with Gasteiger partial charge >= 0.3 is 0 Å². The van der Waals surface area contributed by atoms with Crippen molar-refractivity contribution in [2.45, 2.75) is 19.9 Å². The maximum absolute atomic E-state index is 6.13. The minimum Gasteiger partial charge on any atom is -0.356 e. The van der Waals surface area contributed by atoms with E-state index in [4.69, 9.17) is 11.6 Å². The van der Waals surface area contributed by atoms with Crippen molar-refractivity contribution < 1.29 is 0 Å². The van der Waals surface area contributed by atoms with Crippen molar-refractivity contribution in [3.05, 3.63) is 28.8 Å². The summed E-state index contributed by atoms with van der Waals surface area (Å²) in [5, 5.41) is 7.21. The third kappa shape index (κ3) is 1.92. The fourth-order valence-corrected chi connectivity index (χ4v) is 2.07. The van der Waals surface area contributed by atoms with Crippen LogP contribution < -0.4 is 10.6 Å². The summed E-state index contributed by atoms with van der Waals surface area (Å²) in [5.74, 6) is 0.819. The van der Waals surface area contributed by atoms with E-state index in [0.29, 0.717) is 0 Å². The van der Waals surface area contributed by atoms with Crippen LogP contribution >= 0.6 is 11.6 Å². The van der Waals surface area contributed by atoms with Gasteiger partial charge in [0.1, 0.15) is 0 Å². The lowest BCUT2D eigenvalue weighted by molar-refractivity contribution is 0.679. The van der Waals surface area contributed by atoms with E-state index in [-0.39, 0.29) is 6.04 Å². The van der Waals surface area contributed by atoms with Crippen LogP contribution in [0.4, 0.5) is 5.69 Å². The summed E-state index contributed by atoms with van der Waals surface area (Å²) >= 11 is 6.13. The lowest BCUT2D eigenvalue weighted by atomic mass is 10.1. The van der Waals surface area contributed by atoms with Crippen LogP contribution in [0.5, 0.6) is 0 Å². The van der Waals surface area contributed by atoms with E-state index in [1.807, 2.05) is 25.1 Å². The molecule has 1 heterocycles. The Morgan fingerprint density at radius 1 is 1.53 bits per heavy atom. The Hall–Kier alpha value is -1.22. The van der Waals surface area contributed by atoms with E-state index < -0.39 is 0 Å². The molecule has 0 bridgehead atoms. The SMILES string of the molecule is CCNC1=Nc2cccc(Cl)c2C(C)N1. The average molecular weight is 224 g/mol. The zero-order valence-electron chi connectivity index (χ0n) is 8.84. The fourth-order valence-electron chi connectivity index (χ4n) is 1.74. The van der Waals surface area contributed by atoms with Gasteiger partial charge < -0.3 is 10.6 Å². The highest BCUT2D eigenvalue weighted by Gasteiger charge is 2.19. The first kappa shape index (κ1) is 10.3. The minimum absolute atomic E-state index is 0.195. The Balaban J connectivity index is 2.43. The molecule has 2 N–H and O–H groups in total. The molecule has 3 nitrogen and oxygen atoms in total. The molecule has 4 heteroatoms. The number of benzene rings is 1. The van der Waals surface area contributed by atoms with E-state index in [9.17, 15) is 0 Å². The van der Waals surface area contributed by atoms with Gasteiger partial charge in [-0.2, -0.15) is 0 Å². The number of nitrogens with one attached hydrogen (secondary N) is 2. The fraction of sp³-hybridized carbons (Fsp3) is 0.364. The van der Waals surface area contributed by atoms with Crippen molar-refractivity contribution >= 4 is 23.2 Å². The Morgan fingerprint density at radius 2 is 2.33 bits per heavy atom. The van der Waals surface area contributed by atoms with Gasteiger partial charge in [-0.15, -0.1) is 0 Å². The van der Waals surface area contributed by atoms with E-state index in [1.165, 1.54) is 0 Å². The van der Waals surface area contributed by atoms with Crippen molar-refractivity contribution in [2.75, 3.05) is 6.54 Å². The summed E-state index contributed by atoms with van der Waals surface area (Å²) in [7, 11) is 0. The molecule has 0 saturated heterocycles. The molecular formula is C11H14ClN3. The van der Waals surface area contributed by atoms with Gasteiger partial charge in [-0.3, -0.25) is 0 Å². The van der Waals surface area contributed by atoms with Gasteiger partial charge in [-0.25, -0.2) is 4.99 Å². The van der Waals surface area contributed by atoms with Crippen molar-refractivity contribution in [1.29, 1.82) is 0 Å². The van der Waals surface area contributed by atoms with Gasteiger partial charge in [0.2, 0.25) is 0 Å². The highest BCUT2D eigenvalue weighted by Crippen LogP contribution is 2.34. The second kappa shape index (κ2) is 4.11. The van der Waals surface area contributed by atoms with Crippen molar-refractivity contribution in [3.8, 4) is 0 Å². The molecule has 1 aliphatic rings. The molecule has 15 heavy (non-hydrogen) atoms. The molecule has 80 valence electrons. The highest BCUT2D eigenvalue weighted by atomic mass is 35.5. The molecule has 1 aliphatic heterocycles. The van der Waals surface area contributed by atoms with Gasteiger partial charge in [0, 0.05) is 17.1 Å². The number of hydrogen-bond acceptors (Lipinski definition) is 3. The third-order valence-electron chi connectivity index (χ3n) is 2.39. The van der Waals surface area contributed by atoms with Crippen LogP contribution in [0.25, 0.3) is 0 Å². The molecule has 1 unspecified atom stereocenters. The van der Waals surface area contributed by atoms with Crippen LogP contribution in [0.2, 0.25) is 5.02 Å². The number of aliphatic imine (C=N–C) groups is 1. The molecule has 0 saturated carbocycles. The molecule has 0 amide bonds. The van der Waals surface area contributed by atoms with E-state index >= 15 is 0 Å². The molecule has 0 aliphatic carbocycles. The zero-order chi connectivity index (χ0) is 10.8. The second-order valence-electron chi connectivity index (χ2n) is 3.53. The molecule has 1 atom stereocenters. The van der Waals surface area contributed by atoms with Gasteiger partial charge in [0.15, 0.2) is 5.96 Å². The maximum Gasteiger partial charge on any atom is 0.196 e. The summed E-state index contributed by atoms with van der Waals surface area (Å²) in [6.07, 6.45) is 0. The molecule has 1 aromatic carbocycles. The second-order valence-corrected chi connectivity index (χ2v) is 3.94.